The number of para-hydroxylation sites is 1. The molecule has 0 saturated carbocycles. The van der Waals surface area contributed by atoms with Crippen LogP contribution in [0.4, 0.5) is 24.5 Å². The van der Waals surface area contributed by atoms with Gasteiger partial charge in [0.25, 0.3) is 5.91 Å². The van der Waals surface area contributed by atoms with E-state index in [-0.39, 0.29) is 29.7 Å². The molecule has 0 unspecified atom stereocenters. The first-order valence-electron chi connectivity index (χ1n) is 9.69. The summed E-state index contributed by atoms with van der Waals surface area (Å²) in [5.41, 5.74) is 2.14. The lowest BCUT2D eigenvalue weighted by atomic mass is 10.1. The Kier molecular flexibility index (Phi) is 4.70. The molecule has 0 bridgehead atoms. The van der Waals surface area contributed by atoms with Gasteiger partial charge in [-0.25, -0.2) is 0 Å². The quantitative estimate of drug-likeness (QED) is 0.564. The highest BCUT2D eigenvalue weighted by molar-refractivity contribution is 6.35. The number of hydrogen-bond donors (Lipinski definition) is 0. The molecule has 3 heterocycles. The summed E-state index contributed by atoms with van der Waals surface area (Å²) in [5.74, 6) is -2.16. The number of fused-ring (bicyclic) bond motifs is 1. The summed E-state index contributed by atoms with van der Waals surface area (Å²) in [5, 5.41) is 3.69. The average molecular weight is 463 g/mol. The van der Waals surface area contributed by atoms with Crippen molar-refractivity contribution in [2.75, 3.05) is 16.3 Å². The van der Waals surface area contributed by atoms with Gasteiger partial charge < -0.3 is 14.3 Å². The molecule has 2 aromatic carbocycles. The molecule has 0 N–H and O–H groups in total. The van der Waals surface area contributed by atoms with Crippen molar-refractivity contribution < 1.29 is 27.3 Å². The Morgan fingerprint density at radius 3 is 2.59 bits per heavy atom. The monoisotopic (exact) mass is 462 g/mol. The molecule has 1 aromatic heterocycles. The number of rotatable bonds is 3. The van der Waals surface area contributed by atoms with Crippen molar-refractivity contribution in [3.8, 4) is 11.4 Å². The molecule has 2 aliphatic rings. The molecule has 32 heavy (non-hydrogen) atoms. The maximum atomic E-state index is 13.3. The van der Waals surface area contributed by atoms with Crippen molar-refractivity contribution in [1.82, 2.24) is 10.1 Å². The van der Waals surface area contributed by atoms with Crippen LogP contribution in [-0.2, 0) is 17.5 Å². The molecular weight excluding hydrogens is 449 g/mol. The van der Waals surface area contributed by atoms with E-state index in [0.29, 0.717) is 46.9 Å². The summed E-state index contributed by atoms with van der Waals surface area (Å²) in [6, 6.07) is 9.68. The Hall–Kier alpha value is -3.40. The van der Waals surface area contributed by atoms with Crippen molar-refractivity contribution in [2.24, 2.45) is 0 Å². The molecule has 1 saturated heterocycles. The molecule has 1 fully saturated rings. The zero-order valence-corrected chi connectivity index (χ0v) is 17.1. The molecule has 0 aliphatic carbocycles. The van der Waals surface area contributed by atoms with Crippen LogP contribution >= 0.6 is 11.6 Å². The van der Waals surface area contributed by atoms with Crippen molar-refractivity contribution >= 4 is 34.8 Å². The van der Waals surface area contributed by atoms with Crippen LogP contribution in [0.2, 0.25) is 5.02 Å². The van der Waals surface area contributed by atoms with E-state index in [9.17, 15) is 22.8 Å². The lowest BCUT2D eigenvalue weighted by Crippen LogP contribution is -2.29. The van der Waals surface area contributed by atoms with Gasteiger partial charge in [-0.3, -0.25) is 9.59 Å². The number of nitrogens with zero attached hydrogens (tertiary/aromatic N) is 4. The topological polar surface area (TPSA) is 79.5 Å². The molecule has 0 radical (unpaired) electrons. The third kappa shape index (κ3) is 3.31. The molecular formula is C21H14ClF3N4O3. The fraction of sp³-hybridized carbons (Fsp3) is 0.238. The Bertz CT molecular complexity index is 1260. The predicted octanol–water partition coefficient (Wildman–Crippen LogP) is 4.70. The Morgan fingerprint density at radius 1 is 1.09 bits per heavy atom. The van der Waals surface area contributed by atoms with Crippen molar-refractivity contribution in [3.05, 3.63) is 58.4 Å². The van der Waals surface area contributed by atoms with E-state index in [1.54, 1.807) is 29.2 Å². The number of hydrogen-bond acceptors (Lipinski definition) is 5. The molecule has 0 spiro atoms. The highest BCUT2D eigenvalue weighted by Crippen LogP contribution is 2.42. The van der Waals surface area contributed by atoms with Gasteiger partial charge in [0.1, 0.15) is 0 Å². The summed E-state index contributed by atoms with van der Waals surface area (Å²) in [6.07, 6.45) is -3.62. The maximum absolute atomic E-state index is 13.3. The number of alkyl halides is 3. The standard InChI is InChI=1S/C21H14ClF3N4O3/c22-14-3-1-4-15(28-8-2-5-16(28)30)17(14)29-10-12-7-6-11(9-13(12)19(29)31)18-26-20(32-27-18)21(23,24)25/h1,3-4,6-7,9H,2,5,8,10H2. The molecule has 0 atom stereocenters. The Labute approximate surface area is 184 Å². The fourth-order valence-corrected chi connectivity index (χ4v) is 4.24. The van der Waals surface area contributed by atoms with Gasteiger partial charge in [0.15, 0.2) is 0 Å². The summed E-state index contributed by atoms with van der Waals surface area (Å²) in [6.45, 7) is 0.734. The molecule has 164 valence electrons. The normalized spacial score (nSPS) is 16.2. The smallest absolute Gasteiger partial charge is 0.329 e. The second-order valence-corrected chi connectivity index (χ2v) is 7.85. The first-order valence-corrected chi connectivity index (χ1v) is 10.1. The minimum absolute atomic E-state index is 0.0439. The molecule has 5 rings (SSSR count). The molecule has 7 nitrogen and oxygen atoms in total. The number of amides is 2. The first kappa shape index (κ1) is 20.5. The Morgan fingerprint density at radius 2 is 1.91 bits per heavy atom. The van der Waals surface area contributed by atoms with E-state index in [2.05, 4.69) is 14.7 Å². The SMILES string of the molecule is O=C1CCCN1c1cccc(Cl)c1N1Cc2ccc(-c3noc(C(F)(F)F)n3)cc2C1=O. The zero-order valence-electron chi connectivity index (χ0n) is 16.3. The van der Waals surface area contributed by atoms with E-state index in [4.69, 9.17) is 11.6 Å². The van der Waals surface area contributed by atoms with Crippen LogP contribution in [-0.4, -0.2) is 28.5 Å². The molecule has 2 amide bonds. The van der Waals surface area contributed by atoms with Gasteiger partial charge in [0.2, 0.25) is 11.7 Å². The zero-order chi connectivity index (χ0) is 22.6. The largest absolute Gasteiger partial charge is 0.471 e. The minimum Gasteiger partial charge on any atom is -0.329 e. The predicted molar refractivity (Wildman–Crippen MR) is 108 cm³/mol. The van der Waals surface area contributed by atoms with Crippen LogP contribution in [0.25, 0.3) is 11.4 Å². The number of carbonyl (C=O) groups excluding carboxylic acids is 2. The number of carbonyl (C=O) groups is 2. The van der Waals surface area contributed by atoms with E-state index in [1.807, 2.05) is 0 Å². The number of benzene rings is 2. The Balaban J connectivity index is 1.51. The van der Waals surface area contributed by atoms with Gasteiger partial charge >= 0.3 is 12.1 Å². The van der Waals surface area contributed by atoms with Crippen molar-refractivity contribution in [2.45, 2.75) is 25.6 Å². The average Bonchev–Trinajstić information content (AvgIpc) is 3.47. The van der Waals surface area contributed by atoms with Crippen LogP contribution in [0.5, 0.6) is 0 Å². The molecule has 3 aromatic rings. The minimum atomic E-state index is -4.76. The summed E-state index contributed by atoms with van der Waals surface area (Å²) in [4.78, 5) is 32.0. The van der Waals surface area contributed by atoms with Crippen LogP contribution in [0.3, 0.4) is 0 Å². The van der Waals surface area contributed by atoms with E-state index in [1.165, 1.54) is 17.0 Å². The first-order chi connectivity index (χ1) is 15.2. The second-order valence-electron chi connectivity index (χ2n) is 7.44. The van der Waals surface area contributed by atoms with E-state index in [0.717, 1.165) is 0 Å². The summed E-state index contributed by atoms with van der Waals surface area (Å²) in [7, 11) is 0. The van der Waals surface area contributed by atoms with Gasteiger partial charge in [0, 0.05) is 24.1 Å². The van der Waals surface area contributed by atoms with Crippen LogP contribution in [0.15, 0.2) is 40.9 Å². The highest BCUT2D eigenvalue weighted by Gasteiger charge is 2.39. The van der Waals surface area contributed by atoms with Gasteiger partial charge in [-0.15, -0.1) is 0 Å². The van der Waals surface area contributed by atoms with Gasteiger partial charge in [-0.05, 0) is 30.2 Å². The fourth-order valence-electron chi connectivity index (χ4n) is 3.97. The van der Waals surface area contributed by atoms with Gasteiger partial charge in [0.05, 0.1) is 22.9 Å². The van der Waals surface area contributed by atoms with Gasteiger partial charge in [-0.2, -0.15) is 18.2 Å². The number of aromatic nitrogens is 2. The highest BCUT2D eigenvalue weighted by atomic mass is 35.5. The molecule has 2 aliphatic heterocycles. The van der Waals surface area contributed by atoms with Crippen molar-refractivity contribution in [1.29, 1.82) is 0 Å². The third-order valence-corrected chi connectivity index (χ3v) is 5.75. The summed E-state index contributed by atoms with van der Waals surface area (Å²) < 4.78 is 42.6. The maximum Gasteiger partial charge on any atom is 0.471 e. The van der Waals surface area contributed by atoms with Crippen LogP contribution < -0.4 is 9.80 Å². The number of anilines is 2. The van der Waals surface area contributed by atoms with Crippen LogP contribution in [0, 0.1) is 0 Å². The third-order valence-electron chi connectivity index (χ3n) is 5.44. The van der Waals surface area contributed by atoms with Gasteiger partial charge in [-0.1, -0.05) is 35.0 Å². The van der Waals surface area contributed by atoms with Crippen molar-refractivity contribution in [3.63, 3.8) is 0 Å². The lowest BCUT2D eigenvalue weighted by molar-refractivity contribution is -0.159. The van der Waals surface area contributed by atoms with E-state index >= 15 is 0 Å². The molecule has 11 heteroatoms. The van der Waals surface area contributed by atoms with Crippen LogP contribution in [0.1, 0.15) is 34.7 Å². The second kappa shape index (κ2) is 7.33. The lowest BCUT2D eigenvalue weighted by Gasteiger charge is -2.26. The summed E-state index contributed by atoms with van der Waals surface area (Å²) >= 11 is 6.45. The van der Waals surface area contributed by atoms with E-state index < -0.39 is 12.1 Å². The number of halogens is 4.